The molecule has 2 heteroatoms. The number of aliphatic hydroxyl groups is 2. The van der Waals surface area contributed by atoms with E-state index in [2.05, 4.69) is 31.2 Å². The quantitative estimate of drug-likeness (QED) is 0.614. The first-order valence-electron chi connectivity index (χ1n) is 7.16. The van der Waals surface area contributed by atoms with Crippen LogP contribution in [0.3, 0.4) is 0 Å². The summed E-state index contributed by atoms with van der Waals surface area (Å²) in [4.78, 5) is 0. The predicted molar refractivity (Wildman–Crippen MR) is 86.2 cm³/mol. The van der Waals surface area contributed by atoms with Gasteiger partial charge in [-0.05, 0) is 51.2 Å². The normalized spacial score (nSPS) is 20.9. The van der Waals surface area contributed by atoms with Gasteiger partial charge >= 0.3 is 0 Å². The van der Waals surface area contributed by atoms with Crippen molar-refractivity contribution >= 4 is 27.6 Å². The van der Waals surface area contributed by atoms with E-state index < -0.39 is 12.2 Å². The van der Waals surface area contributed by atoms with Gasteiger partial charge in [0.05, 0.1) is 0 Å². The van der Waals surface area contributed by atoms with Crippen molar-refractivity contribution in [3.05, 3.63) is 65.2 Å². The van der Waals surface area contributed by atoms with Crippen molar-refractivity contribution in [3.63, 3.8) is 0 Å². The van der Waals surface area contributed by atoms with Crippen LogP contribution >= 0.6 is 0 Å². The topological polar surface area (TPSA) is 40.5 Å². The van der Waals surface area contributed by atoms with Crippen molar-refractivity contribution in [1.29, 1.82) is 0 Å². The zero-order valence-electron chi connectivity index (χ0n) is 11.7. The van der Waals surface area contributed by atoms with Gasteiger partial charge in [0.15, 0.2) is 0 Å². The van der Waals surface area contributed by atoms with Crippen molar-refractivity contribution in [2.24, 2.45) is 0 Å². The molecule has 0 spiro atoms. The maximum absolute atomic E-state index is 10.4. The summed E-state index contributed by atoms with van der Waals surface area (Å²) in [5, 5.41) is 24.9. The highest BCUT2D eigenvalue weighted by Gasteiger charge is 2.24. The van der Waals surface area contributed by atoms with Crippen LogP contribution in [0.15, 0.2) is 48.5 Å². The fourth-order valence-corrected chi connectivity index (χ4v) is 3.35. The van der Waals surface area contributed by atoms with Crippen LogP contribution in [-0.2, 0) is 0 Å². The summed E-state index contributed by atoms with van der Waals surface area (Å²) < 4.78 is 0. The molecule has 104 valence electrons. The largest absolute Gasteiger partial charge is 0.386 e. The monoisotopic (exact) mass is 276 g/mol. The number of aryl methyl sites for hydroxylation is 1. The van der Waals surface area contributed by atoms with Gasteiger partial charge in [-0.1, -0.05) is 48.6 Å². The van der Waals surface area contributed by atoms with Crippen LogP contribution in [0.4, 0.5) is 0 Å². The SMILES string of the molecule is Cc1c2ccccc2cc2c3c(ccc12)C=CC(O)C3O. The average Bonchev–Trinajstić information content (AvgIpc) is 2.51. The lowest BCUT2D eigenvalue weighted by Crippen LogP contribution is -2.19. The van der Waals surface area contributed by atoms with Crippen molar-refractivity contribution in [2.75, 3.05) is 0 Å². The van der Waals surface area contributed by atoms with Gasteiger partial charge in [0.1, 0.15) is 12.2 Å². The molecule has 0 radical (unpaired) electrons. The van der Waals surface area contributed by atoms with Gasteiger partial charge in [-0.25, -0.2) is 0 Å². The maximum Gasteiger partial charge on any atom is 0.110 e. The zero-order chi connectivity index (χ0) is 14.6. The van der Waals surface area contributed by atoms with Crippen molar-refractivity contribution in [1.82, 2.24) is 0 Å². The number of hydrogen-bond acceptors (Lipinski definition) is 2. The molecule has 3 aromatic rings. The van der Waals surface area contributed by atoms with Gasteiger partial charge in [-0.15, -0.1) is 0 Å². The van der Waals surface area contributed by atoms with E-state index in [9.17, 15) is 10.2 Å². The predicted octanol–water partition coefficient (Wildman–Crippen LogP) is 3.72. The van der Waals surface area contributed by atoms with E-state index in [1.54, 1.807) is 6.08 Å². The summed E-state index contributed by atoms with van der Waals surface area (Å²) >= 11 is 0. The summed E-state index contributed by atoms with van der Waals surface area (Å²) in [5.74, 6) is 0. The van der Waals surface area contributed by atoms with Crippen LogP contribution in [0.25, 0.3) is 27.6 Å². The summed E-state index contributed by atoms with van der Waals surface area (Å²) in [5.41, 5.74) is 3.02. The van der Waals surface area contributed by atoms with E-state index in [0.717, 1.165) is 27.3 Å². The molecule has 0 amide bonds. The lowest BCUT2D eigenvalue weighted by Gasteiger charge is -2.24. The smallest absolute Gasteiger partial charge is 0.110 e. The molecule has 0 heterocycles. The van der Waals surface area contributed by atoms with Gasteiger partial charge in [0.2, 0.25) is 0 Å². The summed E-state index contributed by atoms with van der Waals surface area (Å²) in [6, 6.07) is 14.5. The number of hydrogen-bond donors (Lipinski definition) is 2. The molecule has 2 unspecified atom stereocenters. The average molecular weight is 276 g/mol. The third-order valence-corrected chi connectivity index (χ3v) is 4.48. The Morgan fingerprint density at radius 1 is 0.905 bits per heavy atom. The highest BCUT2D eigenvalue weighted by atomic mass is 16.3. The van der Waals surface area contributed by atoms with Gasteiger partial charge in [0.25, 0.3) is 0 Å². The van der Waals surface area contributed by atoms with Crippen molar-refractivity contribution < 1.29 is 10.2 Å². The first-order chi connectivity index (χ1) is 10.2. The fourth-order valence-electron chi connectivity index (χ4n) is 3.35. The van der Waals surface area contributed by atoms with E-state index in [1.807, 2.05) is 24.3 Å². The Hall–Kier alpha value is -2.16. The summed E-state index contributed by atoms with van der Waals surface area (Å²) in [6.07, 6.45) is 1.83. The minimum atomic E-state index is -0.866. The molecule has 4 rings (SSSR count). The molecule has 2 N–H and O–H groups in total. The Bertz CT molecular complexity index is 893. The van der Waals surface area contributed by atoms with Crippen molar-refractivity contribution in [3.8, 4) is 0 Å². The third kappa shape index (κ3) is 1.73. The molecule has 0 saturated heterocycles. The van der Waals surface area contributed by atoms with E-state index in [1.165, 1.54) is 10.9 Å². The maximum atomic E-state index is 10.4. The molecule has 0 fully saturated rings. The van der Waals surface area contributed by atoms with E-state index in [0.29, 0.717) is 0 Å². The minimum Gasteiger partial charge on any atom is -0.386 e. The highest BCUT2D eigenvalue weighted by Crippen LogP contribution is 2.37. The van der Waals surface area contributed by atoms with Crippen LogP contribution in [0.1, 0.15) is 22.8 Å². The molecular formula is C19H16O2. The van der Waals surface area contributed by atoms with Crippen LogP contribution in [0, 0.1) is 6.92 Å². The second-order valence-corrected chi connectivity index (χ2v) is 5.68. The number of fused-ring (bicyclic) bond motifs is 4. The van der Waals surface area contributed by atoms with E-state index in [-0.39, 0.29) is 0 Å². The first-order valence-corrected chi connectivity index (χ1v) is 7.16. The lowest BCUT2D eigenvalue weighted by atomic mass is 9.86. The second-order valence-electron chi connectivity index (χ2n) is 5.68. The zero-order valence-corrected chi connectivity index (χ0v) is 11.7. The molecule has 0 aromatic heterocycles. The van der Waals surface area contributed by atoms with Crippen molar-refractivity contribution in [2.45, 2.75) is 19.1 Å². The van der Waals surface area contributed by atoms with Crippen LogP contribution in [0.5, 0.6) is 0 Å². The lowest BCUT2D eigenvalue weighted by molar-refractivity contribution is 0.0480. The molecule has 3 aromatic carbocycles. The Morgan fingerprint density at radius 3 is 2.57 bits per heavy atom. The number of aliphatic hydroxyl groups excluding tert-OH is 2. The summed E-state index contributed by atoms with van der Waals surface area (Å²) in [7, 11) is 0. The number of benzene rings is 3. The van der Waals surface area contributed by atoms with Gasteiger partial charge < -0.3 is 10.2 Å². The molecule has 2 atom stereocenters. The van der Waals surface area contributed by atoms with Crippen LogP contribution in [-0.4, -0.2) is 16.3 Å². The molecule has 2 nitrogen and oxygen atoms in total. The Labute approximate surface area is 123 Å². The second kappa shape index (κ2) is 4.42. The molecular weight excluding hydrogens is 260 g/mol. The van der Waals surface area contributed by atoms with E-state index in [4.69, 9.17) is 0 Å². The Balaban J connectivity index is 2.18. The Kier molecular flexibility index (Phi) is 2.64. The molecule has 21 heavy (non-hydrogen) atoms. The summed E-state index contributed by atoms with van der Waals surface area (Å²) in [6.45, 7) is 2.11. The molecule has 0 aliphatic heterocycles. The molecule has 0 saturated carbocycles. The first kappa shape index (κ1) is 12.6. The number of rotatable bonds is 0. The van der Waals surface area contributed by atoms with Gasteiger partial charge in [-0.3, -0.25) is 0 Å². The Morgan fingerprint density at radius 2 is 1.71 bits per heavy atom. The fraction of sp³-hybridized carbons (Fsp3) is 0.158. The molecule has 1 aliphatic carbocycles. The molecule has 1 aliphatic rings. The minimum absolute atomic E-state index is 0.830. The van der Waals surface area contributed by atoms with Gasteiger partial charge in [0, 0.05) is 0 Å². The molecule has 0 bridgehead atoms. The third-order valence-electron chi connectivity index (χ3n) is 4.48. The van der Waals surface area contributed by atoms with Gasteiger partial charge in [-0.2, -0.15) is 0 Å². The highest BCUT2D eigenvalue weighted by molar-refractivity contribution is 6.04. The van der Waals surface area contributed by atoms with E-state index >= 15 is 0 Å². The van der Waals surface area contributed by atoms with Crippen LogP contribution in [0.2, 0.25) is 0 Å². The standard InChI is InChI=1S/C19H16O2/c1-11-14-5-3-2-4-13(14)10-16-15(11)8-6-12-7-9-17(20)19(21)18(12)16/h2-10,17,19-21H,1H3. The van der Waals surface area contributed by atoms with Crippen LogP contribution < -0.4 is 0 Å².